The number of carbonyl (C=O) groups excluding carboxylic acids is 3. The van der Waals surface area contributed by atoms with Crippen LogP contribution in [0.5, 0.6) is 5.75 Å². The van der Waals surface area contributed by atoms with Gasteiger partial charge < -0.3 is 20.1 Å². The van der Waals surface area contributed by atoms with E-state index in [1.807, 2.05) is 0 Å². The fourth-order valence-electron chi connectivity index (χ4n) is 2.93. The van der Waals surface area contributed by atoms with E-state index in [9.17, 15) is 14.4 Å². The van der Waals surface area contributed by atoms with Gasteiger partial charge in [-0.05, 0) is 49.2 Å². The van der Waals surface area contributed by atoms with Crippen LogP contribution in [-0.4, -0.2) is 37.0 Å². The van der Waals surface area contributed by atoms with Gasteiger partial charge in [-0.3, -0.25) is 14.4 Å². The van der Waals surface area contributed by atoms with Crippen LogP contribution in [-0.2, 0) is 9.53 Å². The van der Waals surface area contributed by atoms with Crippen molar-refractivity contribution in [2.24, 2.45) is 0 Å². The van der Waals surface area contributed by atoms with Crippen molar-refractivity contribution in [3.05, 3.63) is 59.7 Å². The fourth-order valence-corrected chi connectivity index (χ4v) is 2.93. The zero-order valence-corrected chi connectivity index (χ0v) is 15.6. The Kier molecular flexibility index (Phi) is 6.39. The van der Waals surface area contributed by atoms with Crippen LogP contribution in [0, 0.1) is 0 Å². The fraction of sp³-hybridized carbons (Fsp3) is 0.286. The van der Waals surface area contributed by atoms with Gasteiger partial charge in [-0.15, -0.1) is 0 Å². The lowest BCUT2D eigenvalue weighted by Crippen LogP contribution is -2.32. The maximum absolute atomic E-state index is 12.5. The Balaban J connectivity index is 1.65. The minimum Gasteiger partial charge on any atom is -0.427 e. The highest BCUT2D eigenvalue weighted by atomic mass is 16.5. The van der Waals surface area contributed by atoms with E-state index in [1.54, 1.807) is 36.4 Å². The van der Waals surface area contributed by atoms with E-state index in [2.05, 4.69) is 10.6 Å². The van der Waals surface area contributed by atoms with Crippen LogP contribution in [0.15, 0.2) is 48.5 Å². The van der Waals surface area contributed by atoms with Crippen molar-refractivity contribution in [1.29, 1.82) is 0 Å². The highest BCUT2D eigenvalue weighted by Crippen LogP contribution is 2.18. The molecule has 0 aromatic heterocycles. The molecule has 1 aliphatic rings. The van der Waals surface area contributed by atoms with Crippen molar-refractivity contribution >= 4 is 23.5 Å². The van der Waals surface area contributed by atoms with Crippen molar-refractivity contribution in [1.82, 2.24) is 5.32 Å². The van der Waals surface area contributed by atoms with Gasteiger partial charge in [0.05, 0.1) is 17.4 Å². The van der Waals surface area contributed by atoms with Crippen LogP contribution in [0.1, 0.15) is 40.5 Å². The summed E-state index contributed by atoms with van der Waals surface area (Å²) < 4.78 is 10.5. The molecule has 1 unspecified atom stereocenters. The van der Waals surface area contributed by atoms with E-state index in [0.717, 1.165) is 19.4 Å². The molecule has 0 saturated carbocycles. The summed E-state index contributed by atoms with van der Waals surface area (Å²) in [6.07, 6.45) is 1.98. The van der Waals surface area contributed by atoms with E-state index in [4.69, 9.17) is 9.47 Å². The molecule has 0 spiro atoms. The first-order valence-electron chi connectivity index (χ1n) is 9.11. The molecule has 1 fully saturated rings. The van der Waals surface area contributed by atoms with Crippen molar-refractivity contribution < 1.29 is 23.9 Å². The maximum Gasteiger partial charge on any atom is 0.308 e. The number of para-hydroxylation sites is 1. The summed E-state index contributed by atoms with van der Waals surface area (Å²) in [5.74, 6) is -0.705. The molecule has 2 N–H and O–H groups in total. The molecule has 0 radical (unpaired) electrons. The molecule has 146 valence electrons. The minimum absolute atomic E-state index is 0.0430. The van der Waals surface area contributed by atoms with Gasteiger partial charge >= 0.3 is 5.97 Å². The molecular weight excluding hydrogens is 360 g/mol. The van der Waals surface area contributed by atoms with Crippen LogP contribution in [0.3, 0.4) is 0 Å². The lowest BCUT2D eigenvalue weighted by molar-refractivity contribution is -0.131. The second-order valence-corrected chi connectivity index (χ2v) is 6.46. The Morgan fingerprint density at radius 1 is 1.07 bits per heavy atom. The molecular formula is C21H22N2O5. The van der Waals surface area contributed by atoms with Gasteiger partial charge in [-0.25, -0.2) is 0 Å². The molecule has 2 amide bonds. The molecule has 28 heavy (non-hydrogen) atoms. The number of rotatable bonds is 6. The number of carbonyl (C=O) groups is 3. The summed E-state index contributed by atoms with van der Waals surface area (Å²) in [5.41, 5.74) is 1.18. The quantitative estimate of drug-likeness (QED) is 0.592. The van der Waals surface area contributed by atoms with Gasteiger partial charge in [0.25, 0.3) is 11.8 Å². The zero-order valence-electron chi connectivity index (χ0n) is 15.6. The van der Waals surface area contributed by atoms with Gasteiger partial charge in [0, 0.05) is 25.6 Å². The monoisotopic (exact) mass is 382 g/mol. The number of esters is 1. The summed E-state index contributed by atoms with van der Waals surface area (Å²) >= 11 is 0. The van der Waals surface area contributed by atoms with Gasteiger partial charge in [-0.2, -0.15) is 0 Å². The topological polar surface area (TPSA) is 93.7 Å². The number of ether oxygens (including phenoxy) is 2. The Bertz CT molecular complexity index is 857. The highest BCUT2D eigenvalue weighted by Gasteiger charge is 2.18. The van der Waals surface area contributed by atoms with E-state index in [-0.39, 0.29) is 17.9 Å². The summed E-state index contributed by atoms with van der Waals surface area (Å²) in [4.78, 5) is 36.0. The summed E-state index contributed by atoms with van der Waals surface area (Å²) in [5, 5.41) is 5.61. The minimum atomic E-state index is -0.430. The number of anilines is 1. The number of hydrogen-bond acceptors (Lipinski definition) is 5. The highest BCUT2D eigenvalue weighted by molar-refractivity contribution is 6.09. The summed E-state index contributed by atoms with van der Waals surface area (Å²) in [6, 6.07) is 13.0. The van der Waals surface area contributed by atoms with E-state index in [1.165, 1.54) is 19.1 Å². The van der Waals surface area contributed by atoms with Crippen molar-refractivity contribution in [2.75, 3.05) is 18.5 Å². The van der Waals surface area contributed by atoms with Crippen LogP contribution in [0.25, 0.3) is 0 Å². The number of amides is 2. The predicted octanol–water partition coefficient (Wildman–Crippen LogP) is 2.77. The van der Waals surface area contributed by atoms with Gasteiger partial charge in [0.2, 0.25) is 0 Å². The average molecular weight is 382 g/mol. The molecule has 0 bridgehead atoms. The standard InChI is InChI=1S/C21H22N2O5/c1-14(24)28-16-10-8-15(9-11-16)20(25)23-19-7-3-2-6-18(19)21(26)22-13-17-5-4-12-27-17/h2-3,6-11,17H,4-5,12-13H2,1H3,(H,22,26)(H,23,25). The Morgan fingerprint density at radius 3 is 2.50 bits per heavy atom. The summed E-state index contributed by atoms with van der Waals surface area (Å²) in [6.45, 7) is 2.48. The van der Waals surface area contributed by atoms with Crippen LogP contribution in [0.2, 0.25) is 0 Å². The third-order valence-corrected chi connectivity index (χ3v) is 4.31. The lowest BCUT2D eigenvalue weighted by Gasteiger charge is -2.14. The number of hydrogen-bond donors (Lipinski definition) is 2. The van der Waals surface area contributed by atoms with Gasteiger partial charge in [-0.1, -0.05) is 12.1 Å². The number of benzene rings is 2. The van der Waals surface area contributed by atoms with E-state index in [0.29, 0.717) is 29.1 Å². The Morgan fingerprint density at radius 2 is 1.82 bits per heavy atom. The molecule has 1 heterocycles. The first-order valence-corrected chi connectivity index (χ1v) is 9.11. The van der Waals surface area contributed by atoms with Crippen LogP contribution < -0.4 is 15.4 Å². The third kappa shape index (κ3) is 5.17. The van der Waals surface area contributed by atoms with Crippen molar-refractivity contribution in [3.63, 3.8) is 0 Å². The maximum atomic E-state index is 12.5. The van der Waals surface area contributed by atoms with Crippen molar-refractivity contribution in [3.8, 4) is 5.75 Å². The lowest BCUT2D eigenvalue weighted by atomic mass is 10.1. The van der Waals surface area contributed by atoms with Crippen molar-refractivity contribution in [2.45, 2.75) is 25.9 Å². The first kappa shape index (κ1) is 19.6. The first-order chi connectivity index (χ1) is 13.5. The molecule has 3 rings (SSSR count). The molecule has 2 aromatic rings. The summed E-state index contributed by atoms with van der Waals surface area (Å²) in [7, 11) is 0. The van der Waals surface area contributed by atoms with E-state index >= 15 is 0 Å². The molecule has 7 nitrogen and oxygen atoms in total. The Hall–Kier alpha value is -3.19. The number of nitrogens with one attached hydrogen (secondary N) is 2. The normalized spacial score (nSPS) is 15.7. The molecule has 7 heteroatoms. The third-order valence-electron chi connectivity index (χ3n) is 4.31. The molecule has 0 aliphatic carbocycles. The Labute approximate surface area is 163 Å². The van der Waals surface area contributed by atoms with Crippen LogP contribution in [0.4, 0.5) is 5.69 Å². The zero-order chi connectivity index (χ0) is 19.9. The largest absolute Gasteiger partial charge is 0.427 e. The molecule has 1 aliphatic heterocycles. The molecule has 1 saturated heterocycles. The predicted molar refractivity (Wildman–Crippen MR) is 103 cm³/mol. The van der Waals surface area contributed by atoms with Gasteiger partial charge in [0.15, 0.2) is 0 Å². The smallest absolute Gasteiger partial charge is 0.308 e. The average Bonchev–Trinajstić information content (AvgIpc) is 3.20. The second-order valence-electron chi connectivity index (χ2n) is 6.46. The van der Waals surface area contributed by atoms with Crippen LogP contribution >= 0.6 is 0 Å². The van der Waals surface area contributed by atoms with Gasteiger partial charge in [0.1, 0.15) is 5.75 Å². The molecule has 1 atom stereocenters. The second kappa shape index (κ2) is 9.14. The molecule has 2 aromatic carbocycles. The van der Waals surface area contributed by atoms with E-state index < -0.39 is 5.97 Å². The SMILES string of the molecule is CC(=O)Oc1ccc(C(=O)Nc2ccccc2C(=O)NCC2CCCO2)cc1.